The third kappa shape index (κ3) is 50.8. The minimum absolute atomic E-state index is 0. The number of hydrogen-bond donors (Lipinski definition) is 4. The first kappa shape index (κ1) is 111. The summed E-state index contributed by atoms with van der Waals surface area (Å²) in [5, 5.41) is 33.1. The van der Waals surface area contributed by atoms with Crippen LogP contribution in [0.15, 0.2) is 63.1 Å². The standard InChI is InChI=1S/C67H115NO8.C30H53NO2S.C6H8O2.Na.H/c1-5-9-13-17-21-25-27-31-34-38-44-56(43-37-33-29-23-19-15-11-7-3)49-50-62(71)66(73,63-47-41-51-75-63)58-53-61(70)59(54-60(58)69)67(74,64-48-42-52-76-64)65(72)68-55-57(45-39-35-30-24-20-16-12-8-4)46-40-36-32-28-26-22-18-14-10-6-2;1-3-5-7-9-11-13-14-16-18-20-23-27(22-19-17-15-12-10-8-6-4-2)26-31-30(33)29(32)28-24-21-25-34-28;7-5-1-2-6(8)4-3-5;;/h41-42,47-48,51-52,56-59,73-74H,5-40,43-46,49-50,53-55H2,1-4H3,(H,68,72);21,24-25,27H,3-20,22-23,26H2,1-2H3,(H,31,33);1-4H2;;/q;;;+1;-1. The molecule has 14 nitrogen and oxygen atoms in total. The molecule has 7 unspecified atom stereocenters. The van der Waals surface area contributed by atoms with E-state index in [1.807, 2.05) is 11.4 Å². The fourth-order valence-electron chi connectivity index (χ4n) is 17.7. The Hall–Kier alpha value is -3.86. The van der Waals surface area contributed by atoms with E-state index in [0.29, 0.717) is 61.9 Å². The Morgan fingerprint density at radius 2 is 0.655 bits per heavy atom. The van der Waals surface area contributed by atoms with Gasteiger partial charge in [-0.1, -0.05) is 407 Å². The predicted octanol–water partition coefficient (Wildman–Crippen LogP) is 25.8. The van der Waals surface area contributed by atoms with E-state index in [0.717, 1.165) is 64.2 Å². The van der Waals surface area contributed by atoms with Crippen LogP contribution in [-0.4, -0.2) is 69.8 Å². The molecule has 16 heteroatoms. The second-order valence-electron chi connectivity index (χ2n) is 36.0. The van der Waals surface area contributed by atoms with Crippen molar-refractivity contribution in [2.75, 3.05) is 13.1 Å². The number of furan rings is 2. The molecule has 678 valence electrons. The van der Waals surface area contributed by atoms with Gasteiger partial charge in [0.2, 0.25) is 5.60 Å². The number of ketones is 6. The zero-order chi connectivity index (χ0) is 85.6. The number of nitrogens with one attached hydrogen (secondary N) is 2. The van der Waals surface area contributed by atoms with Crippen molar-refractivity contribution in [2.45, 2.75) is 489 Å². The van der Waals surface area contributed by atoms with Crippen molar-refractivity contribution in [3.8, 4) is 0 Å². The monoisotopic (exact) mass is 1690 g/mol. The summed E-state index contributed by atoms with van der Waals surface area (Å²) >= 11 is 1.34. The van der Waals surface area contributed by atoms with Gasteiger partial charge in [0.1, 0.15) is 34.7 Å². The van der Waals surface area contributed by atoms with Crippen LogP contribution in [0.1, 0.15) is 501 Å². The summed E-state index contributed by atoms with van der Waals surface area (Å²) in [6.07, 6.45) is 79.6. The Morgan fingerprint density at radius 3 is 0.941 bits per heavy atom. The number of thiophene rings is 1. The number of hydrogen-bond acceptors (Lipinski definition) is 13. The van der Waals surface area contributed by atoms with E-state index < -0.39 is 65.0 Å². The fourth-order valence-corrected chi connectivity index (χ4v) is 18.4. The molecule has 3 heterocycles. The predicted molar refractivity (Wildman–Crippen MR) is 491 cm³/mol. The average molecular weight is 1690 g/mol. The maximum absolute atomic E-state index is 14.6. The second-order valence-corrected chi connectivity index (χ2v) is 36.9. The summed E-state index contributed by atoms with van der Waals surface area (Å²) in [6.45, 7) is 14.5. The first-order valence-electron chi connectivity index (χ1n) is 49.8. The Kier molecular flexibility index (Phi) is 69.5. The minimum Gasteiger partial charge on any atom is -1.00 e. The van der Waals surface area contributed by atoms with E-state index in [4.69, 9.17) is 8.83 Å². The molecule has 0 saturated heterocycles. The Bertz CT molecular complexity index is 2810. The van der Waals surface area contributed by atoms with Crippen molar-refractivity contribution in [3.05, 3.63) is 70.7 Å². The molecule has 4 N–H and O–H groups in total. The molecule has 2 aliphatic rings. The number of rotatable bonds is 75. The molecule has 0 spiro atoms. The van der Waals surface area contributed by atoms with Crippen molar-refractivity contribution < 1.29 is 88.4 Å². The fraction of sp³-hybridized carbons (Fsp3) is 0.806. The number of amides is 2. The largest absolute Gasteiger partial charge is 1.00 e. The van der Waals surface area contributed by atoms with E-state index in [-0.39, 0.29) is 72.2 Å². The van der Waals surface area contributed by atoms with Gasteiger partial charge in [-0.3, -0.25) is 38.4 Å². The molecular weight excluding hydrogens is 1510 g/mol. The van der Waals surface area contributed by atoms with E-state index in [2.05, 4.69) is 52.2 Å². The maximum Gasteiger partial charge on any atom is 1.00 e. The first-order chi connectivity index (χ1) is 57.5. The molecular formula is C103H177N2NaO12S. The van der Waals surface area contributed by atoms with Crippen molar-refractivity contribution in [2.24, 2.45) is 29.6 Å². The van der Waals surface area contributed by atoms with E-state index >= 15 is 0 Å². The van der Waals surface area contributed by atoms with Crippen LogP contribution in [0.2, 0.25) is 0 Å². The third-order valence-corrected chi connectivity index (χ3v) is 26.5. The summed E-state index contributed by atoms with van der Waals surface area (Å²) in [7, 11) is 0. The van der Waals surface area contributed by atoms with Crippen LogP contribution in [-0.2, 0) is 44.8 Å². The van der Waals surface area contributed by atoms with Gasteiger partial charge in [0.25, 0.3) is 17.6 Å². The number of carbonyl (C=O) groups is 8. The molecule has 2 fully saturated rings. The molecule has 0 aromatic carbocycles. The maximum atomic E-state index is 14.6. The van der Waals surface area contributed by atoms with Crippen LogP contribution in [0.5, 0.6) is 0 Å². The molecule has 3 aromatic rings. The van der Waals surface area contributed by atoms with Gasteiger partial charge in [0.05, 0.1) is 29.2 Å². The van der Waals surface area contributed by atoms with Gasteiger partial charge < -0.3 is 31.1 Å². The minimum atomic E-state index is -2.47. The molecule has 2 aliphatic carbocycles. The molecule has 2 amide bonds. The Morgan fingerprint density at radius 1 is 0.378 bits per heavy atom. The first-order valence-corrected chi connectivity index (χ1v) is 50.7. The van der Waals surface area contributed by atoms with Gasteiger partial charge in [-0.25, -0.2) is 0 Å². The van der Waals surface area contributed by atoms with Crippen LogP contribution >= 0.6 is 11.3 Å². The van der Waals surface area contributed by atoms with Crippen LogP contribution in [0.4, 0.5) is 0 Å². The SMILES string of the molecule is CCCCCCCCCCCCC(CCCCCCCCCC)CCC(=O)C(O)(c1ccco1)C1CC(=O)C(C(O)(C(=O)NCC(CCCCCCCCCC)CCCCCCCCCCCC)c2ccco2)CC1=O.CCCCCCCCCCCCC(CCCCCCCCCC)CNC(=O)C(=O)c1cccs1.O=C1CCC(=O)CC1.[H-].[Na+]. The van der Waals surface area contributed by atoms with Crippen LogP contribution in [0.25, 0.3) is 0 Å². The second kappa shape index (κ2) is 74.4. The number of Topliss-reactive ketones (excluding diaryl/α,β-unsaturated/α-hetero) is 6. The van der Waals surface area contributed by atoms with Gasteiger partial charge in [-0.2, -0.15) is 0 Å². The summed E-state index contributed by atoms with van der Waals surface area (Å²) in [4.78, 5) is 104. The zero-order valence-corrected chi connectivity index (χ0v) is 80.3. The smallest absolute Gasteiger partial charge is 1.00 e. The van der Waals surface area contributed by atoms with E-state index in [1.165, 1.54) is 357 Å². The number of unbranched alkanes of at least 4 members (excludes halogenated alkanes) is 48. The van der Waals surface area contributed by atoms with Gasteiger partial charge in [0, 0.05) is 58.0 Å². The molecule has 3 aromatic heterocycles. The quantitative estimate of drug-likeness (QED) is 0.0179. The molecule has 0 radical (unpaired) electrons. The van der Waals surface area contributed by atoms with Gasteiger partial charge in [-0.15, -0.1) is 11.3 Å². The molecule has 7 atom stereocenters. The van der Waals surface area contributed by atoms with Gasteiger partial charge in [0.15, 0.2) is 11.4 Å². The number of aliphatic hydroxyl groups is 2. The van der Waals surface area contributed by atoms with E-state index in [1.54, 1.807) is 18.2 Å². The van der Waals surface area contributed by atoms with Crippen molar-refractivity contribution in [1.82, 2.24) is 10.6 Å². The third-order valence-electron chi connectivity index (χ3n) is 25.7. The normalized spacial score (nSPS) is 16.0. The molecule has 0 aliphatic heterocycles. The van der Waals surface area contributed by atoms with Crippen molar-refractivity contribution in [3.63, 3.8) is 0 Å². The molecule has 2 saturated carbocycles. The number of carbonyl (C=O) groups excluding carboxylic acids is 8. The molecule has 5 rings (SSSR count). The molecule has 0 bridgehead atoms. The van der Waals surface area contributed by atoms with Crippen molar-refractivity contribution in [1.29, 1.82) is 0 Å². The topological polar surface area (TPSA) is 227 Å². The summed E-state index contributed by atoms with van der Waals surface area (Å²) in [6, 6.07) is 9.69. The summed E-state index contributed by atoms with van der Waals surface area (Å²) < 4.78 is 11.5. The van der Waals surface area contributed by atoms with Crippen molar-refractivity contribution >= 4 is 57.9 Å². The van der Waals surface area contributed by atoms with E-state index in [9.17, 15) is 48.6 Å². The van der Waals surface area contributed by atoms with Crippen LogP contribution < -0.4 is 40.2 Å². The summed E-state index contributed by atoms with van der Waals surface area (Å²) in [5.41, 5.74) is -4.84. The van der Waals surface area contributed by atoms with Crippen LogP contribution in [0.3, 0.4) is 0 Å². The van der Waals surface area contributed by atoms with Crippen LogP contribution in [0, 0.1) is 29.6 Å². The average Bonchev–Trinajstić information content (AvgIpc) is 0.841. The zero-order valence-electron chi connectivity index (χ0n) is 78.5. The molecule has 119 heavy (non-hydrogen) atoms. The summed E-state index contributed by atoms with van der Waals surface area (Å²) in [5.74, 6) is -4.83. The van der Waals surface area contributed by atoms with Gasteiger partial charge in [-0.05, 0) is 85.6 Å². The van der Waals surface area contributed by atoms with Gasteiger partial charge >= 0.3 is 29.6 Å². The Labute approximate surface area is 754 Å². The Balaban J connectivity index is 0.00000134.